The molecule has 0 fully saturated rings. The van der Waals surface area contributed by atoms with E-state index in [-0.39, 0.29) is 0 Å². The first-order chi connectivity index (χ1) is 9.73. The number of hydrogen-bond acceptors (Lipinski definition) is 8. The molecule has 0 aliphatic carbocycles. The molecule has 0 unspecified atom stereocenters. The molecule has 2 aliphatic rings. The Labute approximate surface area is 115 Å². The molecule has 2 rings (SSSR count). The highest BCUT2D eigenvalue weighted by Gasteiger charge is 2.09. The van der Waals surface area contributed by atoms with Crippen molar-refractivity contribution in [1.82, 2.24) is 11.0 Å². The number of oxime groups is 2. The summed E-state index contributed by atoms with van der Waals surface area (Å²) >= 11 is 0. The maximum Gasteiger partial charge on any atom is 0.169 e. The maximum absolute atomic E-state index is 8.39. The van der Waals surface area contributed by atoms with E-state index in [0.717, 1.165) is 12.8 Å². The molecule has 20 heavy (non-hydrogen) atoms. The SMILES string of the molecule is O/N=C1/CCCC(NO)=N1.O/N=C1/CCCC(NO)=N1. The monoisotopic (exact) mass is 286 g/mol. The minimum absolute atomic E-state index is 0.364. The fourth-order valence-electron chi connectivity index (χ4n) is 1.67. The van der Waals surface area contributed by atoms with E-state index in [2.05, 4.69) is 20.3 Å². The Morgan fingerprint density at radius 2 is 1.15 bits per heavy atom. The van der Waals surface area contributed by atoms with Gasteiger partial charge in [0.2, 0.25) is 0 Å². The first-order valence-corrected chi connectivity index (χ1v) is 6.10. The summed E-state index contributed by atoms with van der Waals surface area (Å²) in [6, 6.07) is 0. The van der Waals surface area contributed by atoms with E-state index in [1.807, 2.05) is 11.0 Å². The standard InChI is InChI=1S/2C5H9N3O2/c2*9-7-4-2-1-3-5(6-4)8-10/h2*9-10H,1-3H2,(H,6,7,8). The van der Waals surface area contributed by atoms with E-state index >= 15 is 0 Å². The van der Waals surface area contributed by atoms with E-state index in [0.29, 0.717) is 49.0 Å². The quantitative estimate of drug-likeness (QED) is 0.284. The average Bonchev–Trinajstić information content (AvgIpc) is 2.55. The number of hydroxylamine groups is 2. The molecule has 10 nitrogen and oxygen atoms in total. The first-order valence-electron chi connectivity index (χ1n) is 6.10. The van der Waals surface area contributed by atoms with Crippen LogP contribution in [-0.2, 0) is 0 Å². The molecule has 0 aromatic carbocycles. The van der Waals surface area contributed by atoms with Crippen molar-refractivity contribution in [1.29, 1.82) is 0 Å². The fraction of sp³-hybridized carbons (Fsp3) is 0.600. The summed E-state index contributed by atoms with van der Waals surface area (Å²) in [5.74, 6) is 1.64. The average molecular weight is 286 g/mol. The number of nitrogens with one attached hydrogen (secondary N) is 2. The van der Waals surface area contributed by atoms with Crippen LogP contribution in [-0.4, -0.2) is 44.2 Å². The van der Waals surface area contributed by atoms with Gasteiger partial charge in [-0.2, -0.15) is 0 Å². The Kier molecular flexibility index (Phi) is 7.00. The molecule has 0 spiro atoms. The molecule has 6 N–H and O–H groups in total. The van der Waals surface area contributed by atoms with Gasteiger partial charge in [-0.3, -0.25) is 21.4 Å². The van der Waals surface area contributed by atoms with Gasteiger partial charge in [-0.1, -0.05) is 10.3 Å². The van der Waals surface area contributed by atoms with Gasteiger partial charge in [0.25, 0.3) is 0 Å². The number of rotatable bonds is 0. The lowest BCUT2D eigenvalue weighted by atomic mass is 10.2. The van der Waals surface area contributed by atoms with Crippen LogP contribution in [0.25, 0.3) is 0 Å². The van der Waals surface area contributed by atoms with Crippen molar-refractivity contribution in [2.75, 3.05) is 0 Å². The Balaban J connectivity index is 0.000000200. The molecule has 0 aromatic rings. The second-order valence-electron chi connectivity index (χ2n) is 4.08. The van der Waals surface area contributed by atoms with Crippen molar-refractivity contribution >= 4 is 23.3 Å². The zero-order chi connectivity index (χ0) is 14.8. The van der Waals surface area contributed by atoms with Crippen LogP contribution in [0.4, 0.5) is 0 Å². The van der Waals surface area contributed by atoms with Crippen LogP contribution in [0.3, 0.4) is 0 Å². The van der Waals surface area contributed by atoms with Crippen molar-refractivity contribution in [2.45, 2.75) is 38.5 Å². The summed E-state index contributed by atoms with van der Waals surface area (Å²) in [7, 11) is 0. The number of amidine groups is 4. The summed E-state index contributed by atoms with van der Waals surface area (Å²) in [6.07, 6.45) is 4.45. The van der Waals surface area contributed by atoms with E-state index in [9.17, 15) is 0 Å². The molecular formula is C10H18N6O4. The minimum atomic E-state index is 0.364. The predicted octanol–water partition coefficient (Wildman–Crippen LogP) is 0.671. The number of hydrogen-bond donors (Lipinski definition) is 6. The molecule has 2 aliphatic heterocycles. The normalized spacial score (nSPS) is 22.5. The molecule has 0 saturated carbocycles. The molecule has 0 radical (unpaired) electrons. The Morgan fingerprint density at radius 1 is 0.750 bits per heavy atom. The molecule has 112 valence electrons. The predicted molar refractivity (Wildman–Crippen MR) is 70.9 cm³/mol. The van der Waals surface area contributed by atoms with Gasteiger partial charge in [0, 0.05) is 25.7 Å². The van der Waals surface area contributed by atoms with Gasteiger partial charge in [0.05, 0.1) is 0 Å². The lowest BCUT2D eigenvalue weighted by Gasteiger charge is -2.09. The van der Waals surface area contributed by atoms with Gasteiger partial charge in [0.1, 0.15) is 11.7 Å². The van der Waals surface area contributed by atoms with Crippen LogP contribution in [0.15, 0.2) is 20.3 Å². The fourth-order valence-corrected chi connectivity index (χ4v) is 1.67. The highest BCUT2D eigenvalue weighted by atomic mass is 16.5. The highest BCUT2D eigenvalue weighted by molar-refractivity contribution is 5.99. The Morgan fingerprint density at radius 3 is 1.45 bits per heavy atom. The van der Waals surface area contributed by atoms with E-state index in [4.69, 9.17) is 20.8 Å². The highest BCUT2D eigenvalue weighted by Crippen LogP contribution is 2.07. The van der Waals surface area contributed by atoms with Gasteiger partial charge in [-0.15, -0.1) is 0 Å². The van der Waals surface area contributed by atoms with Gasteiger partial charge < -0.3 is 10.4 Å². The smallest absolute Gasteiger partial charge is 0.169 e. The Bertz CT molecular complexity index is 391. The third-order valence-corrected chi connectivity index (χ3v) is 2.64. The largest absolute Gasteiger partial charge is 0.409 e. The summed E-state index contributed by atoms with van der Waals surface area (Å²) in [5, 5.41) is 39.2. The van der Waals surface area contributed by atoms with Gasteiger partial charge in [-0.05, 0) is 12.8 Å². The molecule has 0 atom stereocenters. The topological polar surface area (TPSA) is 154 Å². The van der Waals surface area contributed by atoms with E-state index in [1.165, 1.54) is 0 Å². The molecule has 10 heteroatoms. The summed E-state index contributed by atoms with van der Waals surface area (Å²) in [4.78, 5) is 7.55. The van der Waals surface area contributed by atoms with E-state index < -0.39 is 0 Å². The van der Waals surface area contributed by atoms with Crippen molar-refractivity contribution in [2.24, 2.45) is 20.3 Å². The molecule has 2 heterocycles. The zero-order valence-corrected chi connectivity index (χ0v) is 10.8. The van der Waals surface area contributed by atoms with Crippen molar-refractivity contribution in [3.05, 3.63) is 0 Å². The minimum Gasteiger partial charge on any atom is -0.409 e. The lowest BCUT2D eigenvalue weighted by Crippen LogP contribution is -2.23. The molecule has 0 saturated heterocycles. The Hall–Kier alpha value is -2.20. The number of nitrogens with zero attached hydrogens (tertiary/aromatic N) is 4. The second-order valence-corrected chi connectivity index (χ2v) is 4.08. The summed E-state index contributed by atoms with van der Waals surface area (Å²) < 4.78 is 0. The number of aliphatic imine (C=N–C) groups is 2. The van der Waals surface area contributed by atoms with Crippen molar-refractivity contribution in [3.63, 3.8) is 0 Å². The van der Waals surface area contributed by atoms with Crippen molar-refractivity contribution < 1.29 is 20.8 Å². The van der Waals surface area contributed by atoms with Crippen LogP contribution in [0, 0.1) is 0 Å². The van der Waals surface area contributed by atoms with Crippen LogP contribution < -0.4 is 11.0 Å². The molecule has 0 amide bonds. The van der Waals surface area contributed by atoms with Gasteiger partial charge >= 0.3 is 0 Å². The van der Waals surface area contributed by atoms with Crippen LogP contribution in [0.2, 0.25) is 0 Å². The maximum atomic E-state index is 8.39. The van der Waals surface area contributed by atoms with Gasteiger partial charge in [-0.25, -0.2) is 9.98 Å². The summed E-state index contributed by atoms with van der Waals surface area (Å²) in [5.41, 5.74) is 3.85. The van der Waals surface area contributed by atoms with E-state index in [1.54, 1.807) is 0 Å². The zero-order valence-electron chi connectivity index (χ0n) is 10.8. The molecule has 0 bridgehead atoms. The van der Waals surface area contributed by atoms with Crippen molar-refractivity contribution in [3.8, 4) is 0 Å². The second kappa shape index (κ2) is 8.82. The molecule has 0 aromatic heterocycles. The summed E-state index contributed by atoms with van der Waals surface area (Å²) in [6.45, 7) is 0. The molecular weight excluding hydrogens is 268 g/mol. The first kappa shape index (κ1) is 15.9. The van der Waals surface area contributed by atoms with Crippen LogP contribution >= 0.6 is 0 Å². The van der Waals surface area contributed by atoms with Crippen LogP contribution in [0.5, 0.6) is 0 Å². The third-order valence-electron chi connectivity index (χ3n) is 2.64. The van der Waals surface area contributed by atoms with Gasteiger partial charge in [0.15, 0.2) is 11.7 Å². The third kappa shape index (κ3) is 5.20. The lowest BCUT2D eigenvalue weighted by molar-refractivity contribution is 0.231. The van der Waals surface area contributed by atoms with Crippen LogP contribution in [0.1, 0.15) is 38.5 Å².